The van der Waals surface area contributed by atoms with Gasteiger partial charge in [0.1, 0.15) is 12.4 Å². The normalized spacial score (nSPS) is 32.5. The summed E-state index contributed by atoms with van der Waals surface area (Å²) in [6.45, 7) is 0.779. The molecule has 0 aromatic carbocycles. The highest BCUT2D eigenvalue weighted by Crippen LogP contribution is 2.46. The minimum Gasteiger partial charge on any atom is -0.490 e. The summed E-state index contributed by atoms with van der Waals surface area (Å²) in [7, 11) is 2.21. The zero-order chi connectivity index (χ0) is 11.1. The van der Waals surface area contributed by atoms with Crippen LogP contribution in [-0.4, -0.2) is 35.6 Å². The highest BCUT2D eigenvalue weighted by Gasteiger charge is 2.50. The minimum atomic E-state index is 0.586. The number of halogens is 1. The van der Waals surface area contributed by atoms with E-state index in [-0.39, 0.29) is 0 Å². The second-order valence-corrected chi connectivity index (χ2v) is 5.68. The Bertz CT molecular complexity index is 398. The largest absolute Gasteiger partial charge is 0.490 e. The van der Waals surface area contributed by atoms with Crippen molar-refractivity contribution < 1.29 is 4.74 Å². The lowest BCUT2D eigenvalue weighted by molar-refractivity contribution is 0.176. The number of hydrogen-bond acceptors (Lipinski definition) is 3. The molecule has 0 amide bonds. The Morgan fingerprint density at radius 2 is 2.38 bits per heavy atom. The fourth-order valence-electron chi connectivity index (χ4n) is 2.62. The first-order valence-corrected chi connectivity index (χ1v) is 6.48. The molecule has 0 unspecified atom stereocenters. The number of piperidine rings is 1. The molecule has 86 valence electrons. The second kappa shape index (κ2) is 4.00. The Balaban J connectivity index is 1.57. The molecule has 2 aliphatic rings. The molecule has 0 radical (unpaired) electrons. The van der Waals surface area contributed by atoms with Gasteiger partial charge < -0.3 is 4.74 Å². The van der Waals surface area contributed by atoms with E-state index in [4.69, 9.17) is 4.74 Å². The van der Waals surface area contributed by atoms with E-state index in [0.717, 1.165) is 28.8 Å². The van der Waals surface area contributed by atoms with Crippen molar-refractivity contribution in [1.29, 1.82) is 0 Å². The SMILES string of the molecule is CN1[C@H](COc2cncc(Br)c2)C[C@H]2C[C@H]21. The number of hydrogen-bond donors (Lipinski definition) is 0. The molecule has 1 aromatic rings. The fourth-order valence-corrected chi connectivity index (χ4v) is 2.96. The van der Waals surface area contributed by atoms with Crippen molar-refractivity contribution >= 4 is 15.9 Å². The van der Waals surface area contributed by atoms with Gasteiger partial charge in [0, 0.05) is 22.8 Å². The Labute approximate surface area is 104 Å². The van der Waals surface area contributed by atoms with E-state index in [1.54, 1.807) is 12.4 Å². The van der Waals surface area contributed by atoms with E-state index in [2.05, 4.69) is 32.9 Å². The van der Waals surface area contributed by atoms with Gasteiger partial charge in [0.25, 0.3) is 0 Å². The van der Waals surface area contributed by atoms with E-state index in [1.807, 2.05) is 6.07 Å². The molecule has 3 rings (SSSR count). The summed E-state index contributed by atoms with van der Waals surface area (Å²) < 4.78 is 6.74. The molecule has 0 spiro atoms. The summed E-state index contributed by atoms with van der Waals surface area (Å²) in [5, 5.41) is 0. The zero-order valence-electron chi connectivity index (χ0n) is 9.27. The van der Waals surface area contributed by atoms with Gasteiger partial charge in [-0.2, -0.15) is 0 Å². The Hall–Kier alpha value is -0.610. The predicted molar refractivity (Wildman–Crippen MR) is 65.5 cm³/mol. The van der Waals surface area contributed by atoms with Gasteiger partial charge >= 0.3 is 0 Å². The lowest BCUT2D eigenvalue weighted by Crippen LogP contribution is -2.33. The third kappa shape index (κ3) is 1.96. The first-order chi connectivity index (χ1) is 7.74. The molecule has 4 heteroatoms. The van der Waals surface area contributed by atoms with Crippen molar-refractivity contribution in [2.24, 2.45) is 5.92 Å². The molecule has 2 fully saturated rings. The van der Waals surface area contributed by atoms with Crippen molar-refractivity contribution in [2.75, 3.05) is 13.7 Å². The van der Waals surface area contributed by atoms with Crippen LogP contribution >= 0.6 is 15.9 Å². The Morgan fingerprint density at radius 1 is 1.50 bits per heavy atom. The summed E-state index contributed by atoms with van der Waals surface area (Å²) in [5.41, 5.74) is 0. The van der Waals surface area contributed by atoms with Gasteiger partial charge in [-0.05, 0) is 47.8 Å². The van der Waals surface area contributed by atoms with Crippen LogP contribution in [0.2, 0.25) is 0 Å². The summed E-state index contributed by atoms with van der Waals surface area (Å²) >= 11 is 3.39. The molecule has 0 N–H and O–H groups in total. The summed E-state index contributed by atoms with van der Waals surface area (Å²) in [4.78, 5) is 6.56. The number of likely N-dealkylation sites (N-methyl/N-ethyl adjacent to an activating group) is 1. The van der Waals surface area contributed by atoms with Crippen LogP contribution in [0.3, 0.4) is 0 Å². The van der Waals surface area contributed by atoms with Gasteiger partial charge in [-0.1, -0.05) is 0 Å². The molecule has 3 nitrogen and oxygen atoms in total. The number of fused-ring (bicyclic) bond motifs is 1. The molecule has 0 bridgehead atoms. The second-order valence-electron chi connectivity index (χ2n) is 4.77. The first kappa shape index (κ1) is 10.5. The Morgan fingerprint density at radius 3 is 3.06 bits per heavy atom. The number of nitrogens with zero attached hydrogens (tertiary/aromatic N) is 2. The highest BCUT2D eigenvalue weighted by atomic mass is 79.9. The lowest BCUT2D eigenvalue weighted by Gasteiger charge is -2.22. The Kier molecular flexibility index (Phi) is 2.64. The van der Waals surface area contributed by atoms with Crippen LogP contribution < -0.4 is 4.74 Å². The third-order valence-electron chi connectivity index (χ3n) is 3.68. The quantitative estimate of drug-likeness (QED) is 0.851. The molecule has 1 aromatic heterocycles. The van der Waals surface area contributed by atoms with Crippen LogP contribution in [0.25, 0.3) is 0 Å². The number of ether oxygens (including phenoxy) is 1. The van der Waals surface area contributed by atoms with Crippen LogP contribution in [0.5, 0.6) is 5.75 Å². The van der Waals surface area contributed by atoms with Gasteiger partial charge in [-0.3, -0.25) is 9.88 Å². The number of rotatable bonds is 3. The number of aromatic nitrogens is 1. The van der Waals surface area contributed by atoms with E-state index in [1.165, 1.54) is 12.8 Å². The van der Waals surface area contributed by atoms with Gasteiger partial charge in [-0.15, -0.1) is 0 Å². The van der Waals surface area contributed by atoms with Crippen molar-refractivity contribution in [2.45, 2.75) is 24.9 Å². The van der Waals surface area contributed by atoms with Crippen LogP contribution in [0.15, 0.2) is 22.9 Å². The molecule has 1 aliphatic heterocycles. The summed E-state index contributed by atoms with van der Waals surface area (Å²) in [5.74, 6) is 1.79. The topological polar surface area (TPSA) is 25.4 Å². The van der Waals surface area contributed by atoms with Crippen LogP contribution in [0.4, 0.5) is 0 Å². The molecule has 1 saturated heterocycles. The maximum absolute atomic E-state index is 5.78. The van der Waals surface area contributed by atoms with E-state index in [9.17, 15) is 0 Å². The molecule has 1 aliphatic carbocycles. The summed E-state index contributed by atoms with van der Waals surface area (Å²) in [6, 6.07) is 3.39. The third-order valence-corrected chi connectivity index (χ3v) is 4.12. The van der Waals surface area contributed by atoms with Crippen LogP contribution in [0, 0.1) is 5.92 Å². The zero-order valence-corrected chi connectivity index (χ0v) is 10.9. The maximum atomic E-state index is 5.78. The molecule has 3 atom stereocenters. The highest BCUT2D eigenvalue weighted by molar-refractivity contribution is 9.10. The van der Waals surface area contributed by atoms with Gasteiger partial charge in [-0.25, -0.2) is 0 Å². The average Bonchev–Trinajstić information content (AvgIpc) is 2.96. The van der Waals surface area contributed by atoms with E-state index >= 15 is 0 Å². The molecule has 16 heavy (non-hydrogen) atoms. The standard InChI is InChI=1S/C12H15BrN2O/c1-15-10(2-8-3-12(8)15)7-16-11-4-9(13)5-14-6-11/h4-6,8,10,12H,2-3,7H2,1H3/t8-,10-,12+/m0/s1. The van der Waals surface area contributed by atoms with Crippen LogP contribution in [0.1, 0.15) is 12.8 Å². The van der Waals surface area contributed by atoms with Gasteiger partial charge in [0.15, 0.2) is 0 Å². The molecule has 2 heterocycles. The van der Waals surface area contributed by atoms with Gasteiger partial charge in [0.2, 0.25) is 0 Å². The summed E-state index contributed by atoms with van der Waals surface area (Å²) in [6.07, 6.45) is 6.22. The number of pyridine rings is 1. The van der Waals surface area contributed by atoms with E-state index in [0.29, 0.717) is 6.04 Å². The van der Waals surface area contributed by atoms with Crippen molar-refractivity contribution in [3.63, 3.8) is 0 Å². The molecular formula is C12H15BrN2O. The first-order valence-electron chi connectivity index (χ1n) is 5.69. The average molecular weight is 283 g/mol. The van der Waals surface area contributed by atoms with E-state index < -0.39 is 0 Å². The predicted octanol–water partition coefficient (Wildman–Crippen LogP) is 2.32. The monoisotopic (exact) mass is 282 g/mol. The molecular weight excluding hydrogens is 268 g/mol. The van der Waals surface area contributed by atoms with Crippen molar-refractivity contribution in [3.8, 4) is 5.75 Å². The molecule has 1 saturated carbocycles. The maximum Gasteiger partial charge on any atom is 0.138 e. The lowest BCUT2D eigenvalue weighted by atomic mass is 10.2. The van der Waals surface area contributed by atoms with Crippen molar-refractivity contribution in [1.82, 2.24) is 9.88 Å². The van der Waals surface area contributed by atoms with Crippen LogP contribution in [-0.2, 0) is 0 Å². The smallest absolute Gasteiger partial charge is 0.138 e. The van der Waals surface area contributed by atoms with Crippen molar-refractivity contribution in [3.05, 3.63) is 22.9 Å². The number of likely N-dealkylation sites (tertiary alicyclic amines) is 1. The minimum absolute atomic E-state index is 0.586. The fraction of sp³-hybridized carbons (Fsp3) is 0.583. The van der Waals surface area contributed by atoms with Gasteiger partial charge in [0.05, 0.1) is 6.20 Å².